The van der Waals surface area contributed by atoms with Gasteiger partial charge in [0.2, 0.25) is 0 Å². The highest BCUT2D eigenvalue weighted by atomic mass is 16.3. The molecule has 2 amide bonds. The topological polar surface area (TPSA) is 93.2 Å². The molecule has 0 saturated carbocycles. The first-order valence-electron chi connectivity index (χ1n) is 4.79. The number of hydrogen-bond acceptors (Lipinski definition) is 4. The molecule has 6 heteroatoms. The van der Waals surface area contributed by atoms with Crippen LogP contribution in [-0.4, -0.2) is 11.0 Å². The summed E-state index contributed by atoms with van der Waals surface area (Å²) in [7, 11) is 0. The van der Waals surface area contributed by atoms with Crippen molar-refractivity contribution < 1.29 is 9.21 Å². The van der Waals surface area contributed by atoms with E-state index in [9.17, 15) is 4.79 Å². The molecule has 1 aromatic heterocycles. The third-order valence-corrected chi connectivity index (χ3v) is 2.14. The summed E-state index contributed by atoms with van der Waals surface area (Å²) in [6, 6.07) is 5.14. The molecule has 2 aromatic rings. The highest BCUT2D eigenvalue weighted by Crippen LogP contribution is 2.16. The first kappa shape index (κ1) is 10.4. The summed E-state index contributed by atoms with van der Waals surface area (Å²) in [4.78, 5) is 15.0. The van der Waals surface area contributed by atoms with Crippen LogP contribution in [0, 0.1) is 6.92 Å². The van der Waals surface area contributed by atoms with Gasteiger partial charge in [-0.15, -0.1) is 0 Å². The number of urea groups is 1. The number of benzene rings is 1. The number of fused-ring (bicyclic) bond motifs is 1. The molecule has 0 unspecified atom stereocenters. The van der Waals surface area contributed by atoms with Crippen molar-refractivity contribution in [2.75, 3.05) is 0 Å². The average Bonchev–Trinajstić information content (AvgIpc) is 2.65. The van der Waals surface area contributed by atoms with Gasteiger partial charge < -0.3 is 9.73 Å². The normalized spacial score (nSPS) is 10.4. The predicted octanol–water partition coefficient (Wildman–Crippen LogP) is 0.809. The van der Waals surface area contributed by atoms with Crippen LogP contribution in [0.5, 0.6) is 0 Å². The fourth-order valence-corrected chi connectivity index (χ4v) is 1.43. The number of amides is 2. The number of oxazole rings is 1. The second-order valence-corrected chi connectivity index (χ2v) is 3.36. The monoisotopic (exact) mass is 220 g/mol. The minimum absolute atomic E-state index is 0.388. The van der Waals surface area contributed by atoms with E-state index in [0.29, 0.717) is 18.0 Å². The van der Waals surface area contributed by atoms with Crippen molar-refractivity contribution in [1.82, 2.24) is 15.7 Å². The van der Waals surface area contributed by atoms with Gasteiger partial charge in [0.25, 0.3) is 0 Å². The van der Waals surface area contributed by atoms with Crippen LogP contribution in [0.3, 0.4) is 0 Å². The van der Waals surface area contributed by atoms with Crippen molar-refractivity contribution in [3.05, 3.63) is 29.7 Å². The van der Waals surface area contributed by atoms with Gasteiger partial charge in [-0.2, -0.15) is 0 Å². The second-order valence-electron chi connectivity index (χ2n) is 3.36. The molecule has 0 atom stereocenters. The minimum atomic E-state index is -0.422. The fourth-order valence-electron chi connectivity index (χ4n) is 1.43. The molecule has 84 valence electrons. The number of carbonyl (C=O) groups is 1. The molecule has 0 bridgehead atoms. The van der Waals surface area contributed by atoms with Crippen molar-refractivity contribution in [3.8, 4) is 0 Å². The zero-order valence-electron chi connectivity index (χ0n) is 8.78. The van der Waals surface area contributed by atoms with Gasteiger partial charge in [-0.05, 0) is 17.7 Å². The van der Waals surface area contributed by atoms with Crippen molar-refractivity contribution in [2.24, 2.45) is 5.84 Å². The largest absolute Gasteiger partial charge is 0.441 e. The lowest BCUT2D eigenvalue weighted by Crippen LogP contribution is -2.39. The average molecular weight is 220 g/mol. The van der Waals surface area contributed by atoms with Gasteiger partial charge in [-0.1, -0.05) is 6.07 Å². The molecule has 0 aliphatic carbocycles. The van der Waals surface area contributed by atoms with Crippen LogP contribution in [0.15, 0.2) is 22.6 Å². The molecule has 6 nitrogen and oxygen atoms in total. The molecular weight excluding hydrogens is 208 g/mol. The maximum Gasteiger partial charge on any atom is 0.329 e. The number of nitrogens with one attached hydrogen (secondary N) is 2. The maximum absolute atomic E-state index is 10.9. The minimum Gasteiger partial charge on any atom is -0.441 e. The first-order valence-corrected chi connectivity index (χ1v) is 4.79. The lowest BCUT2D eigenvalue weighted by atomic mass is 10.2. The molecule has 4 N–H and O–H groups in total. The molecule has 0 spiro atoms. The number of rotatable bonds is 2. The molecule has 0 saturated heterocycles. The van der Waals surface area contributed by atoms with E-state index >= 15 is 0 Å². The van der Waals surface area contributed by atoms with Gasteiger partial charge in [0, 0.05) is 13.5 Å². The van der Waals surface area contributed by atoms with Crippen LogP contribution >= 0.6 is 0 Å². The Balaban J connectivity index is 2.16. The van der Waals surface area contributed by atoms with Crippen molar-refractivity contribution in [1.29, 1.82) is 0 Å². The Morgan fingerprint density at radius 1 is 1.56 bits per heavy atom. The Hall–Kier alpha value is -2.08. The molecule has 0 radical (unpaired) electrons. The van der Waals surface area contributed by atoms with E-state index in [-0.39, 0.29) is 0 Å². The Kier molecular flexibility index (Phi) is 2.74. The van der Waals surface area contributed by atoms with Crippen LogP contribution < -0.4 is 16.6 Å². The Bertz CT molecular complexity index is 521. The van der Waals surface area contributed by atoms with Crippen molar-refractivity contribution in [3.63, 3.8) is 0 Å². The number of aryl methyl sites for hydroxylation is 1. The number of nitrogens with zero attached hydrogens (tertiary/aromatic N) is 1. The molecular formula is C10H12N4O2. The van der Waals surface area contributed by atoms with Gasteiger partial charge in [0.1, 0.15) is 5.52 Å². The van der Waals surface area contributed by atoms with E-state index in [0.717, 1.165) is 11.1 Å². The fraction of sp³-hybridized carbons (Fsp3) is 0.200. The molecule has 1 heterocycles. The number of nitrogens with two attached hydrogens (primary N) is 1. The van der Waals surface area contributed by atoms with E-state index in [2.05, 4.69) is 10.3 Å². The zero-order chi connectivity index (χ0) is 11.5. The summed E-state index contributed by atoms with van der Waals surface area (Å²) >= 11 is 0. The quantitative estimate of drug-likeness (QED) is 0.396. The summed E-state index contributed by atoms with van der Waals surface area (Å²) < 4.78 is 5.38. The Morgan fingerprint density at radius 2 is 2.38 bits per heavy atom. The second kappa shape index (κ2) is 4.19. The number of hydrazine groups is 1. The van der Waals surface area contributed by atoms with E-state index in [1.165, 1.54) is 0 Å². The molecule has 1 aromatic carbocycles. The number of aromatic nitrogens is 1. The molecule has 2 rings (SSSR count). The molecule has 0 fully saturated rings. The highest BCUT2D eigenvalue weighted by Gasteiger charge is 2.03. The van der Waals surface area contributed by atoms with Crippen LogP contribution in [0.25, 0.3) is 11.1 Å². The van der Waals surface area contributed by atoms with Crippen LogP contribution in [0.4, 0.5) is 4.79 Å². The summed E-state index contributed by atoms with van der Waals surface area (Å²) in [5.74, 6) is 5.56. The molecule has 16 heavy (non-hydrogen) atoms. The lowest BCUT2D eigenvalue weighted by molar-refractivity contribution is 0.241. The van der Waals surface area contributed by atoms with Gasteiger partial charge in [-0.25, -0.2) is 15.6 Å². The first-order chi connectivity index (χ1) is 7.69. The smallest absolute Gasteiger partial charge is 0.329 e. The van der Waals surface area contributed by atoms with Crippen LogP contribution in [-0.2, 0) is 6.54 Å². The Morgan fingerprint density at radius 3 is 3.12 bits per heavy atom. The predicted molar refractivity (Wildman–Crippen MR) is 58.3 cm³/mol. The lowest BCUT2D eigenvalue weighted by Gasteiger charge is -2.03. The zero-order valence-corrected chi connectivity index (χ0v) is 8.78. The summed E-state index contributed by atoms with van der Waals surface area (Å²) in [6.45, 7) is 2.18. The van der Waals surface area contributed by atoms with Gasteiger partial charge in [0.05, 0.1) is 0 Å². The van der Waals surface area contributed by atoms with Gasteiger partial charge in [-0.3, -0.25) is 5.43 Å². The van der Waals surface area contributed by atoms with Gasteiger partial charge in [0.15, 0.2) is 11.5 Å². The van der Waals surface area contributed by atoms with E-state index in [1.54, 1.807) is 6.92 Å². The van der Waals surface area contributed by atoms with Crippen LogP contribution in [0.2, 0.25) is 0 Å². The third-order valence-electron chi connectivity index (χ3n) is 2.14. The van der Waals surface area contributed by atoms with E-state index in [1.807, 2.05) is 23.6 Å². The summed E-state index contributed by atoms with van der Waals surface area (Å²) in [6.07, 6.45) is 0. The van der Waals surface area contributed by atoms with Gasteiger partial charge >= 0.3 is 6.03 Å². The molecule has 0 aliphatic heterocycles. The van der Waals surface area contributed by atoms with E-state index < -0.39 is 6.03 Å². The maximum atomic E-state index is 10.9. The summed E-state index contributed by atoms with van der Waals surface area (Å²) in [5, 5.41) is 2.58. The standard InChI is InChI=1S/C10H12N4O2/c1-6-13-8-3-2-7(4-9(8)16-6)5-12-10(15)14-11/h2-4H,5,11H2,1H3,(H2,12,14,15). The Labute approximate surface area is 91.8 Å². The van der Waals surface area contributed by atoms with Crippen LogP contribution in [0.1, 0.15) is 11.5 Å². The summed E-state index contributed by atoms with van der Waals surface area (Å²) in [5.41, 5.74) is 4.44. The van der Waals surface area contributed by atoms with Crippen molar-refractivity contribution >= 4 is 17.1 Å². The SMILES string of the molecule is Cc1nc2ccc(CNC(=O)NN)cc2o1. The highest BCUT2D eigenvalue weighted by molar-refractivity contribution is 5.75. The van der Waals surface area contributed by atoms with Crippen molar-refractivity contribution in [2.45, 2.75) is 13.5 Å². The van der Waals surface area contributed by atoms with E-state index in [4.69, 9.17) is 10.3 Å². The number of carbonyl (C=O) groups excluding carboxylic acids is 1. The third kappa shape index (κ3) is 2.12. The number of hydrogen-bond donors (Lipinski definition) is 3. The molecule has 0 aliphatic rings.